The van der Waals surface area contributed by atoms with Crippen LogP contribution in [0.4, 0.5) is 0 Å². The average molecular weight is 415 g/mol. The van der Waals surface area contributed by atoms with Crippen molar-refractivity contribution < 1.29 is 9.26 Å². The minimum absolute atomic E-state index is 0.0794. The zero-order chi connectivity index (χ0) is 21.4. The van der Waals surface area contributed by atoms with Crippen molar-refractivity contribution in [2.45, 2.75) is 13.5 Å². The SMILES string of the molecule is COc1ccc(-n2nnc3c(=O)n(Cc4nc(-c5cccc(C)c5)no4)cnc32)cc1. The number of aryl methyl sites for hydroxylation is 1. The summed E-state index contributed by atoms with van der Waals surface area (Å²) in [4.78, 5) is 21.7. The molecule has 3 heterocycles. The highest BCUT2D eigenvalue weighted by molar-refractivity contribution is 5.70. The van der Waals surface area contributed by atoms with E-state index in [0.717, 1.165) is 11.1 Å². The Balaban J connectivity index is 1.45. The first-order chi connectivity index (χ1) is 15.1. The van der Waals surface area contributed by atoms with Crippen LogP contribution >= 0.6 is 0 Å². The lowest BCUT2D eigenvalue weighted by Gasteiger charge is -2.04. The summed E-state index contributed by atoms with van der Waals surface area (Å²) in [6.45, 7) is 2.07. The molecular formula is C21H17N7O3. The van der Waals surface area contributed by atoms with Crippen LogP contribution in [0.1, 0.15) is 11.5 Å². The quantitative estimate of drug-likeness (QED) is 0.430. The highest BCUT2D eigenvalue weighted by Gasteiger charge is 2.16. The molecule has 0 amide bonds. The second kappa shape index (κ2) is 7.48. The molecule has 0 N–H and O–H groups in total. The molecule has 0 radical (unpaired) electrons. The third-order valence-electron chi connectivity index (χ3n) is 4.80. The van der Waals surface area contributed by atoms with Crippen LogP contribution in [-0.4, -0.2) is 41.8 Å². The van der Waals surface area contributed by atoms with Crippen LogP contribution in [0.15, 0.2) is 64.2 Å². The third kappa shape index (κ3) is 3.44. The Hall–Kier alpha value is -4.34. The smallest absolute Gasteiger partial charge is 0.284 e. The van der Waals surface area contributed by atoms with E-state index in [0.29, 0.717) is 28.8 Å². The summed E-state index contributed by atoms with van der Waals surface area (Å²) in [6.07, 6.45) is 1.42. The van der Waals surface area contributed by atoms with Gasteiger partial charge >= 0.3 is 0 Å². The number of methoxy groups -OCH3 is 1. The van der Waals surface area contributed by atoms with E-state index in [1.165, 1.54) is 15.6 Å². The Morgan fingerprint density at radius 3 is 2.74 bits per heavy atom. The Labute approximate surface area is 175 Å². The molecule has 5 aromatic rings. The predicted molar refractivity (Wildman–Crippen MR) is 111 cm³/mol. The molecule has 10 heteroatoms. The number of benzene rings is 2. The fourth-order valence-corrected chi connectivity index (χ4v) is 3.22. The number of fused-ring (bicyclic) bond motifs is 1. The average Bonchev–Trinajstić information content (AvgIpc) is 3.43. The summed E-state index contributed by atoms with van der Waals surface area (Å²) >= 11 is 0. The van der Waals surface area contributed by atoms with Gasteiger partial charge in [-0.1, -0.05) is 34.1 Å². The fraction of sp³-hybridized carbons (Fsp3) is 0.143. The predicted octanol–water partition coefficient (Wildman–Crippen LogP) is 2.39. The summed E-state index contributed by atoms with van der Waals surface area (Å²) in [5.41, 5.74) is 2.81. The van der Waals surface area contributed by atoms with Gasteiger partial charge in [-0.3, -0.25) is 9.36 Å². The molecule has 0 unspecified atom stereocenters. The molecule has 10 nitrogen and oxygen atoms in total. The van der Waals surface area contributed by atoms with Crippen molar-refractivity contribution in [1.29, 1.82) is 0 Å². The van der Waals surface area contributed by atoms with Crippen LogP contribution in [0.25, 0.3) is 28.2 Å². The maximum Gasteiger partial charge on any atom is 0.284 e. The van der Waals surface area contributed by atoms with Gasteiger partial charge in [0.15, 0.2) is 11.2 Å². The number of rotatable bonds is 5. The first-order valence-electron chi connectivity index (χ1n) is 9.47. The largest absolute Gasteiger partial charge is 0.497 e. The molecule has 0 bridgehead atoms. The topological polar surface area (TPSA) is 114 Å². The van der Waals surface area contributed by atoms with E-state index in [-0.39, 0.29) is 17.6 Å². The Kier molecular flexibility index (Phi) is 4.51. The Morgan fingerprint density at radius 2 is 1.97 bits per heavy atom. The van der Waals surface area contributed by atoms with E-state index in [1.807, 2.05) is 43.3 Å². The van der Waals surface area contributed by atoms with Gasteiger partial charge in [-0.15, -0.1) is 5.10 Å². The minimum atomic E-state index is -0.347. The molecule has 0 saturated heterocycles. The van der Waals surface area contributed by atoms with E-state index < -0.39 is 0 Å². The van der Waals surface area contributed by atoms with E-state index in [4.69, 9.17) is 9.26 Å². The van der Waals surface area contributed by atoms with Gasteiger partial charge in [-0.25, -0.2) is 4.98 Å². The van der Waals surface area contributed by atoms with Crippen LogP contribution in [0.3, 0.4) is 0 Å². The minimum Gasteiger partial charge on any atom is -0.497 e. The van der Waals surface area contributed by atoms with Gasteiger partial charge in [0, 0.05) is 5.56 Å². The van der Waals surface area contributed by atoms with Crippen molar-refractivity contribution in [2.75, 3.05) is 7.11 Å². The van der Waals surface area contributed by atoms with E-state index >= 15 is 0 Å². The molecule has 0 aliphatic carbocycles. The molecule has 0 fully saturated rings. The first kappa shape index (κ1) is 18.7. The fourth-order valence-electron chi connectivity index (χ4n) is 3.22. The van der Waals surface area contributed by atoms with Crippen LogP contribution in [0.2, 0.25) is 0 Å². The van der Waals surface area contributed by atoms with Gasteiger partial charge in [-0.2, -0.15) is 9.67 Å². The summed E-state index contributed by atoms with van der Waals surface area (Å²) in [6, 6.07) is 15.0. The van der Waals surface area contributed by atoms with Crippen LogP contribution in [-0.2, 0) is 6.54 Å². The number of hydrogen-bond acceptors (Lipinski definition) is 8. The second-order valence-electron chi connectivity index (χ2n) is 6.93. The monoisotopic (exact) mass is 415 g/mol. The van der Waals surface area contributed by atoms with E-state index in [2.05, 4.69) is 25.4 Å². The zero-order valence-electron chi connectivity index (χ0n) is 16.8. The van der Waals surface area contributed by atoms with Crippen molar-refractivity contribution in [1.82, 2.24) is 34.7 Å². The lowest BCUT2D eigenvalue weighted by atomic mass is 10.1. The van der Waals surface area contributed by atoms with Gasteiger partial charge in [0.2, 0.25) is 11.7 Å². The molecular weight excluding hydrogens is 398 g/mol. The second-order valence-corrected chi connectivity index (χ2v) is 6.93. The summed E-state index contributed by atoms with van der Waals surface area (Å²) in [5, 5.41) is 12.1. The summed E-state index contributed by atoms with van der Waals surface area (Å²) in [5.74, 6) is 1.47. The lowest BCUT2D eigenvalue weighted by Crippen LogP contribution is -2.21. The number of ether oxygens (including phenoxy) is 1. The van der Waals surface area contributed by atoms with Crippen molar-refractivity contribution in [3.63, 3.8) is 0 Å². The van der Waals surface area contributed by atoms with Gasteiger partial charge in [-0.05, 0) is 37.3 Å². The maximum absolute atomic E-state index is 12.9. The molecule has 0 spiro atoms. The normalized spacial score (nSPS) is 11.2. The molecule has 0 aliphatic heterocycles. The molecule has 0 atom stereocenters. The third-order valence-corrected chi connectivity index (χ3v) is 4.80. The molecule has 2 aromatic carbocycles. The molecule has 0 aliphatic rings. The summed E-state index contributed by atoms with van der Waals surface area (Å²) < 4.78 is 13.4. The maximum atomic E-state index is 12.9. The molecule has 3 aromatic heterocycles. The van der Waals surface area contributed by atoms with Gasteiger partial charge in [0.05, 0.1) is 12.8 Å². The molecule has 154 valence electrons. The van der Waals surface area contributed by atoms with Gasteiger partial charge < -0.3 is 9.26 Å². The van der Waals surface area contributed by atoms with Crippen LogP contribution in [0.5, 0.6) is 5.75 Å². The first-order valence-corrected chi connectivity index (χ1v) is 9.47. The molecule has 31 heavy (non-hydrogen) atoms. The Bertz CT molecular complexity index is 1430. The van der Waals surface area contributed by atoms with Crippen LogP contribution < -0.4 is 10.3 Å². The van der Waals surface area contributed by atoms with Crippen LogP contribution in [0, 0.1) is 6.92 Å². The zero-order valence-corrected chi connectivity index (χ0v) is 16.8. The van der Waals surface area contributed by atoms with Crippen molar-refractivity contribution in [3.8, 4) is 22.8 Å². The standard InChI is InChI=1S/C21H17N7O3/c1-13-4-3-5-14(10-13)19-23-17(31-25-19)11-27-12-22-20-18(21(27)29)24-26-28(20)15-6-8-16(30-2)9-7-15/h3-10,12H,11H2,1-2H3. The van der Waals surface area contributed by atoms with Crippen molar-refractivity contribution in [2.24, 2.45) is 0 Å². The molecule has 5 rings (SSSR count). The van der Waals surface area contributed by atoms with Crippen molar-refractivity contribution in [3.05, 3.63) is 76.7 Å². The highest BCUT2D eigenvalue weighted by Crippen LogP contribution is 2.18. The Morgan fingerprint density at radius 1 is 1.13 bits per heavy atom. The summed E-state index contributed by atoms with van der Waals surface area (Å²) in [7, 11) is 1.59. The number of aromatic nitrogens is 7. The highest BCUT2D eigenvalue weighted by atomic mass is 16.5. The van der Waals surface area contributed by atoms with Crippen molar-refractivity contribution >= 4 is 11.2 Å². The van der Waals surface area contributed by atoms with Gasteiger partial charge in [0.25, 0.3) is 5.56 Å². The number of nitrogens with zero attached hydrogens (tertiary/aromatic N) is 7. The lowest BCUT2D eigenvalue weighted by molar-refractivity contribution is 0.369. The van der Waals surface area contributed by atoms with Gasteiger partial charge in [0.1, 0.15) is 18.6 Å². The van der Waals surface area contributed by atoms with E-state index in [1.54, 1.807) is 19.2 Å². The number of hydrogen-bond donors (Lipinski definition) is 0. The van der Waals surface area contributed by atoms with E-state index in [9.17, 15) is 4.79 Å². The molecule has 0 saturated carbocycles.